The van der Waals surface area contributed by atoms with Gasteiger partial charge in [-0.25, -0.2) is 0 Å². The van der Waals surface area contributed by atoms with Crippen molar-refractivity contribution >= 4 is 11.0 Å². The average molecular weight is 299 g/mol. The molecule has 0 aliphatic carbocycles. The molecule has 0 unspecified atom stereocenters. The number of para-hydroxylation sites is 1. The van der Waals surface area contributed by atoms with Crippen LogP contribution in [0.4, 0.5) is 0 Å². The van der Waals surface area contributed by atoms with Crippen LogP contribution in [0.1, 0.15) is 51.2 Å². The lowest BCUT2D eigenvalue weighted by Gasteiger charge is -2.31. The van der Waals surface area contributed by atoms with Crippen LogP contribution in [0.5, 0.6) is 0 Å². The fourth-order valence-electron chi connectivity index (χ4n) is 3.63. The van der Waals surface area contributed by atoms with Gasteiger partial charge in [-0.3, -0.25) is 0 Å². The van der Waals surface area contributed by atoms with E-state index in [1.165, 1.54) is 63.5 Å². The Hall–Kier alpha value is -1.28. The van der Waals surface area contributed by atoms with Gasteiger partial charge < -0.3 is 9.32 Å². The van der Waals surface area contributed by atoms with Crippen LogP contribution < -0.4 is 0 Å². The molecule has 120 valence electrons. The molecular weight excluding hydrogens is 270 g/mol. The number of benzene rings is 1. The van der Waals surface area contributed by atoms with Crippen LogP contribution in [0.25, 0.3) is 11.0 Å². The van der Waals surface area contributed by atoms with E-state index in [-0.39, 0.29) is 0 Å². The van der Waals surface area contributed by atoms with Gasteiger partial charge >= 0.3 is 0 Å². The third kappa shape index (κ3) is 4.13. The molecule has 1 aromatic heterocycles. The summed E-state index contributed by atoms with van der Waals surface area (Å²) in [6.07, 6.45) is 9.29. The summed E-state index contributed by atoms with van der Waals surface area (Å²) in [5, 5.41) is 1.23. The minimum Gasteiger partial charge on any atom is -0.461 e. The standard InChI is InChI=1S/C20H29NO/c1-2-3-7-17-11-14-21(15-12-17)13-6-9-19-16-18-8-4-5-10-20(18)22-19/h4-5,8,10,16-17H,2-3,6-7,9,11-15H2,1H3. The SMILES string of the molecule is CCCCC1CCN(CCCc2cc3ccccc3o2)CC1. The maximum Gasteiger partial charge on any atom is 0.134 e. The Balaban J connectivity index is 1.38. The van der Waals surface area contributed by atoms with E-state index < -0.39 is 0 Å². The van der Waals surface area contributed by atoms with Crippen LogP contribution in [0.3, 0.4) is 0 Å². The second-order valence-corrected chi connectivity index (χ2v) is 6.78. The predicted molar refractivity (Wildman–Crippen MR) is 93.2 cm³/mol. The van der Waals surface area contributed by atoms with Crippen LogP contribution in [-0.2, 0) is 6.42 Å². The first-order valence-electron chi connectivity index (χ1n) is 9.05. The van der Waals surface area contributed by atoms with Gasteiger partial charge in [0.15, 0.2) is 0 Å². The van der Waals surface area contributed by atoms with Gasteiger partial charge in [-0.1, -0.05) is 44.4 Å². The molecule has 0 atom stereocenters. The van der Waals surface area contributed by atoms with Crippen LogP contribution >= 0.6 is 0 Å². The van der Waals surface area contributed by atoms with E-state index >= 15 is 0 Å². The van der Waals surface area contributed by atoms with Crippen molar-refractivity contribution in [2.75, 3.05) is 19.6 Å². The summed E-state index contributed by atoms with van der Waals surface area (Å²) >= 11 is 0. The lowest BCUT2D eigenvalue weighted by atomic mass is 9.91. The molecule has 3 rings (SSSR count). The smallest absolute Gasteiger partial charge is 0.134 e. The molecular formula is C20H29NO. The number of likely N-dealkylation sites (tertiary alicyclic amines) is 1. The van der Waals surface area contributed by atoms with E-state index in [1.54, 1.807) is 0 Å². The van der Waals surface area contributed by atoms with E-state index in [2.05, 4.69) is 36.1 Å². The summed E-state index contributed by atoms with van der Waals surface area (Å²) in [6.45, 7) is 6.12. The van der Waals surface area contributed by atoms with Crippen molar-refractivity contribution in [2.24, 2.45) is 5.92 Å². The summed E-state index contributed by atoms with van der Waals surface area (Å²) in [4.78, 5) is 2.64. The monoisotopic (exact) mass is 299 g/mol. The van der Waals surface area contributed by atoms with Crippen LogP contribution in [0.2, 0.25) is 0 Å². The first-order chi connectivity index (χ1) is 10.8. The molecule has 1 aliphatic rings. The second kappa shape index (κ2) is 7.82. The van der Waals surface area contributed by atoms with Gasteiger partial charge in [0.25, 0.3) is 0 Å². The van der Waals surface area contributed by atoms with E-state index in [1.807, 2.05) is 6.07 Å². The molecule has 0 saturated carbocycles. The Kier molecular flexibility index (Phi) is 5.55. The van der Waals surface area contributed by atoms with Gasteiger partial charge in [-0.05, 0) is 56.9 Å². The summed E-state index contributed by atoms with van der Waals surface area (Å²) in [6, 6.07) is 10.5. The van der Waals surface area contributed by atoms with Crippen molar-refractivity contribution in [3.63, 3.8) is 0 Å². The lowest BCUT2D eigenvalue weighted by molar-refractivity contribution is 0.175. The number of hydrogen-bond donors (Lipinski definition) is 0. The van der Waals surface area contributed by atoms with Crippen LogP contribution in [0, 0.1) is 5.92 Å². The molecule has 0 amide bonds. The minimum atomic E-state index is 0.992. The second-order valence-electron chi connectivity index (χ2n) is 6.78. The van der Waals surface area contributed by atoms with Gasteiger partial charge in [0, 0.05) is 11.8 Å². The molecule has 1 aromatic carbocycles. The Labute approximate surface area is 134 Å². The molecule has 1 saturated heterocycles. The predicted octanol–water partition coefficient (Wildman–Crippen LogP) is 5.27. The van der Waals surface area contributed by atoms with E-state index in [4.69, 9.17) is 4.42 Å². The molecule has 2 heterocycles. The maximum atomic E-state index is 5.90. The highest BCUT2D eigenvalue weighted by atomic mass is 16.3. The zero-order valence-electron chi connectivity index (χ0n) is 13.9. The first kappa shape index (κ1) is 15.6. The van der Waals surface area contributed by atoms with Gasteiger partial charge in [0.2, 0.25) is 0 Å². The molecule has 22 heavy (non-hydrogen) atoms. The third-order valence-corrected chi connectivity index (χ3v) is 5.05. The van der Waals surface area contributed by atoms with Gasteiger partial charge in [0.1, 0.15) is 11.3 Å². The lowest BCUT2D eigenvalue weighted by Crippen LogP contribution is -2.34. The zero-order valence-corrected chi connectivity index (χ0v) is 13.9. The first-order valence-corrected chi connectivity index (χ1v) is 9.05. The summed E-state index contributed by atoms with van der Waals surface area (Å²) in [5.41, 5.74) is 1.02. The minimum absolute atomic E-state index is 0.992. The summed E-state index contributed by atoms with van der Waals surface area (Å²) in [5.74, 6) is 2.13. The Morgan fingerprint density at radius 1 is 1.14 bits per heavy atom. The zero-order chi connectivity index (χ0) is 15.2. The van der Waals surface area contributed by atoms with Crippen LogP contribution in [-0.4, -0.2) is 24.5 Å². The van der Waals surface area contributed by atoms with Crippen molar-refractivity contribution in [1.29, 1.82) is 0 Å². The normalized spacial score (nSPS) is 17.3. The largest absolute Gasteiger partial charge is 0.461 e. The Morgan fingerprint density at radius 3 is 2.73 bits per heavy atom. The van der Waals surface area contributed by atoms with Crippen molar-refractivity contribution in [3.05, 3.63) is 36.1 Å². The van der Waals surface area contributed by atoms with E-state index in [9.17, 15) is 0 Å². The fourth-order valence-corrected chi connectivity index (χ4v) is 3.63. The number of unbranched alkanes of at least 4 members (excludes halogenated alkanes) is 1. The number of hydrogen-bond acceptors (Lipinski definition) is 2. The molecule has 1 aliphatic heterocycles. The molecule has 0 radical (unpaired) electrons. The van der Waals surface area contributed by atoms with Gasteiger partial charge in [0.05, 0.1) is 0 Å². The topological polar surface area (TPSA) is 16.4 Å². The Morgan fingerprint density at radius 2 is 1.95 bits per heavy atom. The average Bonchev–Trinajstić information content (AvgIpc) is 2.97. The molecule has 0 bridgehead atoms. The molecule has 0 N–H and O–H groups in total. The van der Waals surface area contributed by atoms with Gasteiger partial charge in [-0.2, -0.15) is 0 Å². The number of furan rings is 1. The van der Waals surface area contributed by atoms with Crippen molar-refractivity contribution in [1.82, 2.24) is 4.90 Å². The van der Waals surface area contributed by atoms with Crippen molar-refractivity contribution < 1.29 is 4.42 Å². The fraction of sp³-hybridized carbons (Fsp3) is 0.600. The highest BCUT2D eigenvalue weighted by molar-refractivity contribution is 5.77. The summed E-state index contributed by atoms with van der Waals surface area (Å²) < 4.78 is 5.90. The number of nitrogens with zero attached hydrogens (tertiary/aromatic N) is 1. The maximum absolute atomic E-state index is 5.90. The number of aryl methyl sites for hydroxylation is 1. The van der Waals surface area contributed by atoms with E-state index in [0.29, 0.717) is 0 Å². The number of fused-ring (bicyclic) bond motifs is 1. The Bertz CT molecular complexity index is 533. The van der Waals surface area contributed by atoms with Crippen molar-refractivity contribution in [3.8, 4) is 0 Å². The van der Waals surface area contributed by atoms with Crippen LogP contribution in [0.15, 0.2) is 34.7 Å². The van der Waals surface area contributed by atoms with E-state index in [0.717, 1.165) is 23.7 Å². The summed E-state index contributed by atoms with van der Waals surface area (Å²) in [7, 11) is 0. The molecule has 2 nitrogen and oxygen atoms in total. The third-order valence-electron chi connectivity index (χ3n) is 5.05. The highest BCUT2D eigenvalue weighted by Crippen LogP contribution is 2.23. The molecule has 2 aromatic rings. The molecule has 1 fully saturated rings. The molecule has 0 spiro atoms. The van der Waals surface area contributed by atoms with Gasteiger partial charge in [-0.15, -0.1) is 0 Å². The molecule has 2 heteroatoms. The number of piperidine rings is 1. The quantitative estimate of drug-likeness (QED) is 0.692. The highest BCUT2D eigenvalue weighted by Gasteiger charge is 2.18. The van der Waals surface area contributed by atoms with Crippen molar-refractivity contribution in [2.45, 2.75) is 51.9 Å². The number of rotatable bonds is 7.